The highest BCUT2D eigenvalue weighted by molar-refractivity contribution is 5.73. The molecule has 0 aromatic heterocycles. The summed E-state index contributed by atoms with van der Waals surface area (Å²) in [5.41, 5.74) is 0.0929. The van der Waals surface area contributed by atoms with Gasteiger partial charge in [0.25, 0.3) is 0 Å². The van der Waals surface area contributed by atoms with Gasteiger partial charge >= 0.3 is 5.97 Å². The standard InChI is InChI=1S/C47H76O17/c1-21-29(51)31(53)34(56)39(60-21)63-36-30(52)24(49)19-59-40(36)64-37-33(55)32(54)35(38(57)58)62-41(37)61-28-12-13-44(5)25(45(28,6)20-48)11-14-47(8)26(44)10-9-22-23-17-42(2,3)18-27(50)43(23,4)15-16-46(22,47)7/h9,21,23-37,39-41,48-56H,10-20H2,1-8H3,(H,57,58)/t21-,23-,24-,25?,26?,27+,28-,29-,30-,31+,32-,33-,34+,35-,36+,37+,39-,40-,41+,43+,44-,45+,46+,47+/m0/s1. The molecule has 5 aliphatic carbocycles. The molecular formula is C47H76O17. The van der Waals surface area contributed by atoms with E-state index in [2.05, 4.69) is 47.6 Å². The molecule has 3 heterocycles. The molecule has 0 aromatic carbocycles. The highest BCUT2D eigenvalue weighted by Gasteiger charge is 2.70. The lowest BCUT2D eigenvalue weighted by Gasteiger charge is -2.72. The van der Waals surface area contributed by atoms with E-state index in [0.29, 0.717) is 18.8 Å². The smallest absolute Gasteiger partial charge is 0.335 e. The summed E-state index contributed by atoms with van der Waals surface area (Å²) in [6.07, 6.45) is -14.5. The van der Waals surface area contributed by atoms with Crippen LogP contribution >= 0.6 is 0 Å². The van der Waals surface area contributed by atoms with Crippen LogP contribution in [-0.4, -0.2) is 168 Å². The molecule has 4 saturated carbocycles. The minimum absolute atomic E-state index is 0.0286. The van der Waals surface area contributed by atoms with E-state index in [1.54, 1.807) is 0 Å². The summed E-state index contributed by atoms with van der Waals surface area (Å²) in [6, 6.07) is 0. The third kappa shape index (κ3) is 7.49. The Labute approximate surface area is 376 Å². The van der Waals surface area contributed by atoms with E-state index in [9.17, 15) is 55.9 Å². The summed E-state index contributed by atoms with van der Waals surface area (Å²) in [7, 11) is 0. The second-order valence-electron chi connectivity index (χ2n) is 23.2. The highest BCUT2D eigenvalue weighted by Crippen LogP contribution is 2.76. The monoisotopic (exact) mass is 913 g/mol. The van der Waals surface area contributed by atoms with E-state index in [-0.39, 0.29) is 51.6 Å². The highest BCUT2D eigenvalue weighted by atomic mass is 16.8. The van der Waals surface area contributed by atoms with Gasteiger partial charge in [0.2, 0.25) is 0 Å². The van der Waals surface area contributed by atoms with Crippen molar-refractivity contribution in [2.24, 2.45) is 50.2 Å². The van der Waals surface area contributed by atoms with Crippen molar-refractivity contribution in [1.29, 1.82) is 0 Å². The van der Waals surface area contributed by atoms with Crippen LogP contribution in [0, 0.1) is 50.2 Å². The predicted octanol–water partition coefficient (Wildman–Crippen LogP) is 1.34. The summed E-state index contributed by atoms with van der Waals surface area (Å²) in [4.78, 5) is 12.4. The fraction of sp³-hybridized carbons (Fsp3) is 0.936. The molecule has 0 spiro atoms. The number of rotatable bonds is 8. The molecule has 8 aliphatic rings. The molecular weight excluding hydrogens is 837 g/mol. The lowest BCUT2D eigenvalue weighted by molar-refractivity contribution is -0.387. The van der Waals surface area contributed by atoms with Gasteiger partial charge in [-0.2, -0.15) is 0 Å². The molecule has 7 fully saturated rings. The van der Waals surface area contributed by atoms with Gasteiger partial charge in [-0.1, -0.05) is 60.1 Å². The van der Waals surface area contributed by atoms with Crippen molar-refractivity contribution >= 4 is 5.97 Å². The van der Waals surface area contributed by atoms with Crippen LogP contribution in [0.1, 0.15) is 113 Å². The van der Waals surface area contributed by atoms with Crippen molar-refractivity contribution in [3.8, 4) is 0 Å². The van der Waals surface area contributed by atoms with E-state index in [1.807, 2.05) is 6.92 Å². The van der Waals surface area contributed by atoms with Crippen LogP contribution in [-0.2, 0) is 33.2 Å². The van der Waals surface area contributed by atoms with Crippen LogP contribution in [0.2, 0.25) is 0 Å². The van der Waals surface area contributed by atoms with Crippen molar-refractivity contribution < 1.29 is 84.3 Å². The molecule has 366 valence electrons. The lowest BCUT2D eigenvalue weighted by Crippen LogP contribution is -2.68. The third-order valence-corrected chi connectivity index (χ3v) is 19.1. The number of hydrogen-bond donors (Lipinski definition) is 10. The number of fused-ring (bicyclic) bond motifs is 7. The van der Waals surface area contributed by atoms with E-state index in [0.717, 1.165) is 44.9 Å². The zero-order valence-electron chi connectivity index (χ0n) is 38.7. The number of carboxylic acid groups (broad SMARTS) is 1. The summed E-state index contributed by atoms with van der Waals surface area (Å²) >= 11 is 0. The number of ether oxygens (including phenoxy) is 6. The molecule has 17 nitrogen and oxygen atoms in total. The van der Waals surface area contributed by atoms with E-state index >= 15 is 0 Å². The first-order valence-electron chi connectivity index (χ1n) is 23.7. The van der Waals surface area contributed by atoms with Gasteiger partial charge in [0, 0.05) is 10.8 Å². The Bertz CT molecular complexity index is 1760. The first-order chi connectivity index (χ1) is 29.8. The van der Waals surface area contributed by atoms with Crippen LogP contribution in [0.5, 0.6) is 0 Å². The number of carboxylic acids is 1. The maximum Gasteiger partial charge on any atom is 0.335 e. The fourth-order valence-electron chi connectivity index (χ4n) is 14.8. The Balaban J connectivity index is 1.06. The number of aliphatic hydroxyl groups excluding tert-OH is 9. The molecule has 17 heteroatoms. The molecule has 8 rings (SSSR count). The third-order valence-electron chi connectivity index (χ3n) is 19.1. The van der Waals surface area contributed by atoms with Gasteiger partial charge in [0.15, 0.2) is 25.0 Å². The first kappa shape index (κ1) is 49.0. The van der Waals surface area contributed by atoms with Gasteiger partial charge in [0.05, 0.1) is 31.5 Å². The summed E-state index contributed by atoms with van der Waals surface area (Å²) < 4.78 is 36.1. The Morgan fingerprint density at radius 2 is 1.38 bits per heavy atom. The van der Waals surface area contributed by atoms with Crippen molar-refractivity contribution in [3.63, 3.8) is 0 Å². The minimum Gasteiger partial charge on any atom is -0.479 e. The molecule has 24 atom stereocenters. The Morgan fingerprint density at radius 3 is 2.05 bits per heavy atom. The fourth-order valence-corrected chi connectivity index (χ4v) is 14.8. The summed E-state index contributed by atoms with van der Waals surface area (Å²) in [5, 5.41) is 109. The minimum atomic E-state index is -2.01. The summed E-state index contributed by atoms with van der Waals surface area (Å²) in [5.74, 6) is -1.05. The van der Waals surface area contributed by atoms with Gasteiger partial charge < -0.3 is 79.5 Å². The number of hydrogen-bond acceptors (Lipinski definition) is 16. The maximum atomic E-state index is 12.4. The Morgan fingerprint density at radius 1 is 0.703 bits per heavy atom. The quantitative estimate of drug-likeness (QED) is 0.122. The molecule has 0 amide bonds. The van der Waals surface area contributed by atoms with Crippen molar-refractivity contribution in [3.05, 3.63) is 11.6 Å². The number of aliphatic carboxylic acids is 1. The van der Waals surface area contributed by atoms with Crippen molar-refractivity contribution in [2.75, 3.05) is 13.2 Å². The molecule has 64 heavy (non-hydrogen) atoms. The van der Waals surface area contributed by atoms with E-state index < -0.39 is 110 Å². The molecule has 0 bridgehead atoms. The maximum absolute atomic E-state index is 12.4. The SMILES string of the molecule is C[C@@H]1O[C@@H](O[C@H]2[C@H](O[C@H]3[C@H](O[C@H]4CC[C@@]5(C)C(CC[C@]6(C)C5CC=C5[C@@H]7CC(C)(C)C[C@@H](O)[C@]7(C)CC[C@]56C)[C@@]4(C)CO)O[C@H](C(=O)O)[C@@H](O)[C@@H]3O)OC[C@H](O)[C@@H]2O)[C@H](O)[C@H](O)[C@H]1O. The van der Waals surface area contributed by atoms with Gasteiger partial charge in [-0.25, -0.2) is 4.79 Å². The topological polar surface area (TPSA) is 275 Å². The molecule has 10 N–H and O–H groups in total. The van der Waals surface area contributed by atoms with Crippen LogP contribution in [0.25, 0.3) is 0 Å². The number of carbonyl (C=O) groups is 1. The predicted molar refractivity (Wildman–Crippen MR) is 225 cm³/mol. The van der Waals surface area contributed by atoms with Crippen LogP contribution in [0.3, 0.4) is 0 Å². The molecule has 3 aliphatic heterocycles. The number of allylic oxidation sites excluding steroid dienone is 2. The second kappa shape index (κ2) is 16.9. The molecule has 3 saturated heterocycles. The van der Waals surface area contributed by atoms with Crippen molar-refractivity contribution in [2.45, 2.75) is 211 Å². The van der Waals surface area contributed by atoms with Crippen LogP contribution in [0.15, 0.2) is 11.6 Å². The normalized spacial score (nSPS) is 56.1. The zero-order chi connectivity index (χ0) is 46.9. The van der Waals surface area contributed by atoms with E-state index in [4.69, 9.17) is 28.4 Å². The van der Waals surface area contributed by atoms with Crippen LogP contribution < -0.4 is 0 Å². The largest absolute Gasteiger partial charge is 0.479 e. The lowest BCUT2D eigenvalue weighted by atomic mass is 9.33. The molecule has 0 radical (unpaired) electrons. The average molecular weight is 913 g/mol. The molecule has 0 aromatic rings. The Hall–Kier alpha value is -1.39. The van der Waals surface area contributed by atoms with Gasteiger partial charge in [0.1, 0.15) is 54.9 Å². The summed E-state index contributed by atoms with van der Waals surface area (Å²) in [6.45, 7) is 16.8. The van der Waals surface area contributed by atoms with Gasteiger partial charge in [-0.15, -0.1) is 0 Å². The van der Waals surface area contributed by atoms with Crippen molar-refractivity contribution in [1.82, 2.24) is 0 Å². The molecule has 2 unspecified atom stereocenters. The second-order valence-corrected chi connectivity index (χ2v) is 23.2. The van der Waals surface area contributed by atoms with Gasteiger partial charge in [-0.05, 0) is 104 Å². The van der Waals surface area contributed by atoms with Gasteiger partial charge in [-0.3, -0.25) is 0 Å². The average Bonchev–Trinajstić information content (AvgIpc) is 3.22. The van der Waals surface area contributed by atoms with Crippen LogP contribution in [0.4, 0.5) is 0 Å². The first-order valence-corrected chi connectivity index (χ1v) is 23.7. The zero-order valence-corrected chi connectivity index (χ0v) is 38.7. The van der Waals surface area contributed by atoms with E-state index in [1.165, 1.54) is 12.5 Å². The Kier molecular flexibility index (Phi) is 13.0. The number of aliphatic hydroxyl groups is 9.